The summed E-state index contributed by atoms with van der Waals surface area (Å²) in [5, 5.41) is 9.57. The van der Waals surface area contributed by atoms with Crippen LogP contribution in [0.25, 0.3) is 10.8 Å². The maximum Gasteiger partial charge on any atom is 0.259 e. The van der Waals surface area contributed by atoms with E-state index in [1.807, 2.05) is 54.6 Å². The highest BCUT2D eigenvalue weighted by Gasteiger charge is 2.05. The number of ether oxygens (including phenoxy) is 1. The Morgan fingerprint density at radius 3 is 2.58 bits per heavy atom. The molecule has 0 unspecified atom stereocenters. The second-order valence-corrected chi connectivity index (χ2v) is 5.94. The molecule has 0 aliphatic rings. The molecule has 0 spiro atoms. The predicted octanol–water partition coefficient (Wildman–Crippen LogP) is 4.06. The van der Waals surface area contributed by atoms with Crippen LogP contribution in [0.1, 0.15) is 5.56 Å². The molecular formula is C20H18ClN3O2. The van der Waals surface area contributed by atoms with E-state index in [1.54, 1.807) is 19.4 Å². The van der Waals surface area contributed by atoms with Crippen LogP contribution in [-0.4, -0.2) is 25.8 Å². The number of rotatable bonds is 6. The Kier molecular flexibility index (Phi) is 5.71. The van der Waals surface area contributed by atoms with Crippen LogP contribution in [0, 0.1) is 0 Å². The Bertz CT molecular complexity index is 957. The van der Waals surface area contributed by atoms with Crippen molar-refractivity contribution in [2.24, 2.45) is 5.10 Å². The Labute approximate surface area is 156 Å². The van der Waals surface area contributed by atoms with Crippen LogP contribution in [0.4, 0.5) is 5.69 Å². The van der Waals surface area contributed by atoms with Crippen molar-refractivity contribution in [3.05, 3.63) is 71.2 Å². The molecule has 0 bridgehead atoms. The number of hydrazone groups is 1. The Morgan fingerprint density at radius 1 is 1.08 bits per heavy atom. The molecule has 5 nitrogen and oxygen atoms in total. The van der Waals surface area contributed by atoms with E-state index >= 15 is 0 Å². The molecule has 26 heavy (non-hydrogen) atoms. The van der Waals surface area contributed by atoms with Gasteiger partial charge in [-0.25, -0.2) is 5.43 Å². The van der Waals surface area contributed by atoms with Crippen LogP contribution >= 0.6 is 11.6 Å². The number of methoxy groups -OCH3 is 1. The molecule has 0 saturated heterocycles. The van der Waals surface area contributed by atoms with Crippen LogP contribution in [0.15, 0.2) is 65.8 Å². The summed E-state index contributed by atoms with van der Waals surface area (Å²) >= 11 is 6.04. The molecule has 1 amide bonds. The summed E-state index contributed by atoms with van der Waals surface area (Å²) in [5.41, 5.74) is 4.10. The van der Waals surface area contributed by atoms with E-state index in [9.17, 15) is 4.79 Å². The third-order valence-corrected chi connectivity index (χ3v) is 4.17. The zero-order chi connectivity index (χ0) is 18.4. The summed E-state index contributed by atoms with van der Waals surface area (Å²) in [5.74, 6) is 0.532. The SMILES string of the molecule is COc1ccc(/C=N/NC(=O)CNc2ccccc2Cl)c2ccccc12. The van der Waals surface area contributed by atoms with E-state index in [4.69, 9.17) is 16.3 Å². The lowest BCUT2D eigenvalue weighted by Gasteiger charge is -2.08. The zero-order valence-corrected chi connectivity index (χ0v) is 15.0. The van der Waals surface area contributed by atoms with Crippen molar-refractivity contribution < 1.29 is 9.53 Å². The molecule has 0 saturated carbocycles. The summed E-state index contributed by atoms with van der Waals surface area (Å²) in [6, 6.07) is 18.9. The summed E-state index contributed by atoms with van der Waals surface area (Å²) in [6.07, 6.45) is 1.62. The highest BCUT2D eigenvalue weighted by atomic mass is 35.5. The number of amides is 1. The van der Waals surface area contributed by atoms with Crippen LogP contribution < -0.4 is 15.5 Å². The summed E-state index contributed by atoms with van der Waals surface area (Å²) in [7, 11) is 1.64. The van der Waals surface area contributed by atoms with Gasteiger partial charge >= 0.3 is 0 Å². The van der Waals surface area contributed by atoms with Crippen LogP contribution in [0.5, 0.6) is 5.75 Å². The number of para-hydroxylation sites is 1. The molecule has 6 heteroatoms. The molecule has 0 aliphatic heterocycles. The van der Waals surface area contributed by atoms with Crippen molar-refractivity contribution >= 4 is 40.2 Å². The number of hydrogen-bond donors (Lipinski definition) is 2. The van der Waals surface area contributed by atoms with Gasteiger partial charge in [-0.3, -0.25) is 4.79 Å². The number of carbonyl (C=O) groups is 1. The maximum absolute atomic E-state index is 11.9. The van der Waals surface area contributed by atoms with Gasteiger partial charge in [0.15, 0.2) is 0 Å². The molecule has 0 aliphatic carbocycles. The molecule has 0 radical (unpaired) electrons. The first-order chi connectivity index (χ1) is 12.7. The van der Waals surface area contributed by atoms with E-state index in [0.717, 1.165) is 22.1 Å². The van der Waals surface area contributed by atoms with Gasteiger partial charge in [0.2, 0.25) is 0 Å². The topological polar surface area (TPSA) is 62.7 Å². The number of nitrogens with zero attached hydrogens (tertiary/aromatic N) is 1. The molecule has 0 heterocycles. The van der Waals surface area contributed by atoms with Crippen molar-refractivity contribution in [2.45, 2.75) is 0 Å². The lowest BCUT2D eigenvalue weighted by atomic mass is 10.0. The molecule has 3 aromatic carbocycles. The van der Waals surface area contributed by atoms with E-state index in [-0.39, 0.29) is 12.5 Å². The van der Waals surface area contributed by atoms with Crippen LogP contribution in [-0.2, 0) is 4.79 Å². The first-order valence-corrected chi connectivity index (χ1v) is 8.43. The van der Waals surface area contributed by atoms with Crippen molar-refractivity contribution in [1.29, 1.82) is 0 Å². The average molecular weight is 368 g/mol. The summed E-state index contributed by atoms with van der Waals surface area (Å²) < 4.78 is 5.38. The van der Waals surface area contributed by atoms with Crippen molar-refractivity contribution in [3.63, 3.8) is 0 Å². The number of carbonyl (C=O) groups excluding carboxylic acids is 1. The van der Waals surface area contributed by atoms with Gasteiger partial charge < -0.3 is 10.1 Å². The quantitative estimate of drug-likeness (QED) is 0.510. The molecule has 0 aromatic heterocycles. The fraction of sp³-hybridized carbons (Fsp3) is 0.100. The van der Waals surface area contributed by atoms with Gasteiger partial charge in [0.05, 0.1) is 30.6 Å². The molecule has 2 N–H and O–H groups in total. The first kappa shape index (κ1) is 17.8. The minimum Gasteiger partial charge on any atom is -0.496 e. The Morgan fingerprint density at radius 2 is 1.81 bits per heavy atom. The van der Waals surface area contributed by atoms with Crippen LogP contribution in [0.3, 0.4) is 0 Å². The second kappa shape index (κ2) is 8.36. The standard InChI is InChI=1S/C20H18ClN3O2/c1-26-19-11-10-14(15-6-2-3-7-16(15)19)12-23-24-20(25)13-22-18-9-5-4-8-17(18)21/h2-12,22H,13H2,1H3,(H,24,25)/b23-12+. The molecule has 3 aromatic rings. The van der Waals surface area contributed by atoms with Gasteiger partial charge in [-0.05, 0) is 29.7 Å². The maximum atomic E-state index is 11.9. The van der Waals surface area contributed by atoms with E-state index in [1.165, 1.54) is 0 Å². The van der Waals surface area contributed by atoms with Crippen molar-refractivity contribution in [3.8, 4) is 5.75 Å². The van der Waals surface area contributed by atoms with Gasteiger partial charge in [0, 0.05) is 10.9 Å². The largest absolute Gasteiger partial charge is 0.496 e. The molecule has 132 valence electrons. The predicted molar refractivity (Wildman–Crippen MR) is 106 cm³/mol. The van der Waals surface area contributed by atoms with Crippen LogP contribution in [0.2, 0.25) is 5.02 Å². The Balaban J connectivity index is 1.64. The number of halogens is 1. The molecule has 0 fully saturated rings. The van der Waals surface area contributed by atoms with E-state index < -0.39 is 0 Å². The molecule has 0 atom stereocenters. The lowest BCUT2D eigenvalue weighted by Crippen LogP contribution is -2.25. The van der Waals surface area contributed by atoms with Gasteiger partial charge in [0.1, 0.15) is 5.75 Å². The fourth-order valence-electron chi connectivity index (χ4n) is 2.58. The van der Waals surface area contributed by atoms with Gasteiger partial charge in [-0.1, -0.05) is 48.0 Å². The normalized spacial score (nSPS) is 10.8. The third-order valence-electron chi connectivity index (χ3n) is 3.84. The van der Waals surface area contributed by atoms with Crippen molar-refractivity contribution in [2.75, 3.05) is 19.0 Å². The van der Waals surface area contributed by atoms with Gasteiger partial charge in [-0.2, -0.15) is 5.10 Å². The number of hydrogen-bond acceptors (Lipinski definition) is 4. The van der Waals surface area contributed by atoms with Gasteiger partial charge in [-0.15, -0.1) is 0 Å². The Hall–Kier alpha value is -3.05. The zero-order valence-electron chi connectivity index (χ0n) is 14.2. The lowest BCUT2D eigenvalue weighted by molar-refractivity contribution is -0.119. The second-order valence-electron chi connectivity index (χ2n) is 5.53. The monoisotopic (exact) mass is 367 g/mol. The average Bonchev–Trinajstić information content (AvgIpc) is 2.67. The molecule has 3 rings (SSSR count). The number of benzene rings is 3. The highest BCUT2D eigenvalue weighted by molar-refractivity contribution is 6.33. The summed E-state index contributed by atoms with van der Waals surface area (Å²) in [4.78, 5) is 11.9. The number of nitrogens with one attached hydrogen (secondary N) is 2. The summed E-state index contributed by atoms with van der Waals surface area (Å²) in [6.45, 7) is 0.0738. The van der Waals surface area contributed by atoms with E-state index in [2.05, 4.69) is 15.8 Å². The van der Waals surface area contributed by atoms with Crippen molar-refractivity contribution in [1.82, 2.24) is 5.43 Å². The smallest absolute Gasteiger partial charge is 0.259 e. The first-order valence-electron chi connectivity index (χ1n) is 8.05. The third kappa shape index (κ3) is 4.13. The van der Waals surface area contributed by atoms with E-state index in [0.29, 0.717) is 10.7 Å². The highest BCUT2D eigenvalue weighted by Crippen LogP contribution is 2.27. The number of anilines is 1. The fourth-order valence-corrected chi connectivity index (χ4v) is 2.78. The molecular weight excluding hydrogens is 350 g/mol. The van der Waals surface area contributed by atoms with Gasteiger partial charge in [0.25, 0.3) is 5.91 Å². The number of fused-ring (bicyclic) bond motifs is 1. The minimum absolute atomic E-state index is 0.0738. The minimum atomic E-state index is -0.265.